The van der Waals surface area contributed by atoms with Crippen LogP contribution >= 0.6 is 0 Å². The highest BCUT2D eigenvalue weighted by Gasteiger charge is 2.22. The largest absolute Gasteiger partial charge is 0.408 e. The lowest BCUT2D eigenvalue weighted by Gasteiger charge is -2.17. The molecule has 7 nitrogen and oxygen atoms in total. The Hall–Kier alpha value is -2.18. The van der Waals surface area contributed by atoms with Crippen LogP contribution in [-0.2, 0) is 7.05 Å². The van der Waals surface area contributed by atoms with Crippen molar-refractivity contribution < 1.29 is 9.21 Å². The first-order valence-electron chi connectivity index (χ1n) is 6.87. The van der Waals surface area contributed by atoms with Crippen molar-refractivity contribution in [2.75, 3.05) is 5.32 Å². The minimum absolute atomic E-state index is 0.150. The summed E-state index contributed by atoms with van der Waals surface area (Å²) in [5.74, 6) is 0.660. The molecule has 0 unspecified atom stereocenters. The summed E-state index contributed by atoms with van der Waals surface area (Å²) in [6, 6.07) is 1.78. The predicted molar refractivity (Wildman–Crippen MR) is 71.3 cm³/mol. The van der Waals surface area contributed by atoms with Crippen molar-refractivity contribution in [2.45, 2.75) is 38.0 Å². The zero-order chi connectivity index (χ0) is 13.9. The van der Waals surface area contributed by atoms with Crippen LogP contribution in [0.15, 0.2) is 16.7 Å². The molecule has 20 heavy (non-hydrogen) atoms. The van der Waals surface area contributed by atoms with Crippen LogP contribution < -0.4 is 5.32 Å². The molecule has 2 heterocycles. The van der Waals surface area contributed by atoms with Gasteiger partial charge >= 0.3 is 6.01 Å². The molecule has 1 saturated carbocycles. The van der Waals surface area contributed by atoms with Crippen molar-refractivity contribution in [3.8, 4) is 0 Å². The van der Waals surface area contributed by atoms with E-state index in [1.165, 1.54) is 23.9 Å². The lowest BCUT2D eigenvalue weighted by molar-refractivity contribution is 0.101. The van der Waals surface area contributed by atoms with E-state index in [-0.39, 0.29) is 11.9 Å². The van der Waals surface area contributed by atoms with Crippen molar-refractivity contribution in [3.63, 3.8) is 0 Å². The summed E-state index contributed by atoms with van der Waals surface area (Å²) in [6.07, 6.45) is 7.40. The number of amides is 1. The highest BCUT2D eigenvalue weighted by atomic mass is 16.4. The summed E-state index contributed by atoms with van der Waals surface area (Å²) in [4.78, 5) is 12.0. The molecule has 0 radical (unpaired) electrons. The van der Waals surface area contributed by atoms with E-state index in [0.29, 0.717) is 17.5 Å². The molecule has 7 heteroatoms. The van der Waals surface area contributed by atoms with Gasteiger partial charge in [0.15, 0.2) is 0 Å². The van der Waals surface area contributed by atoms with Crippen molar-refractivity contribution in [1.82, 2.24) is 20.0 Å². The van der Waals surface area contributed by atoms with Gasteiger partial charge in [0.25, 0.3) is 5.91 Å². The number of rotatable bonds is 3. The van der Waals surface area contributed by atoms with Crippen LogP contribution in [0.5, 0.6) is 0 Å². The van der Waals surface area contributed by atoms with Crippen LogP contribution in [-0.4, -0.2) is 25.9 Å². The number of aryl methyl sites for hydroxylation is 1. The zero-order valence-electron chi connectivity index (χ0n) is 11.4. The van der Waals surface area contributed by atoms with Gasteiger partial charge in [0, 0.05) is 19.2 Å². The molecular weight excluding hydrogens is 258 g/mol. The molecule has 0 spiro atoms. The summed E-state index contributed by atoms with van der Waals surface area (Å²) in [5, 5.41) is 14.5. The topological polar surface area (TPSA) is 85.8 Å². The van der Waals surface area contributed by atoms with Gasteiger partial charge in [-0.3, -0.25) is 14.8 Å². The van der Waals surface area contributed by atoms with E-state index in [4.69, 9.17) is 4.42 Å². The van der Waals surface area contributed by atoms with E-state index < -0.39 is 0 Å². The lowest BCUT2D eigenvalue weighted by atomic mass is 9.89. The quantitative estimate of drug-likeness (QED) is 0.927. The smallest absolute Gasteiger partial charge is 0.322 e. The third-order valence-corrected chi connectivity index (χ3v) is 3.67. The zero-order valence-corrected chi connectivity index (χ0v) is 11.4. The molecule has 0 aromatic carbocycles. The normalized spacial score (nSPS) is 16.2. The average molecular weight is 275 g/mol. The number of nitrogens with zero attached hydrogens (tertiary/aromatic N) is 4. The molecule has 1 amide bonds. The molecule has 1 aliphatic carbocycles. The van der Waals surface area contributed by atoms with E-state index in [9.17, 15) is 4.79 Å². The fraction of sp³-hybridized carbons (Fsp3) is 0.538. The third kappa shape index (κ3) is 2.56. The summed E-state index contributed by atoms with van der Waals surface area (Å²) in [6.45, 7) is 0. The molecule has 0 saturated heterocycles. The first kappa shape index (κ1) is 12.8. The molecule has 0 atom stereocenters. The van der Waals surface area contributed by atoms with Gasteiger partial charge in [0.2, 0.25) is 5.89 Å². The van der Waals surface area contributed by atoms with Crippen molar-refractivity contribution >= 4 is 11.9 Å². The van der Waals surface area contributed by atoms with Crippen LogP contribution in [0.4, 0.5) is 6.01 Å². The molecule has 3 rings (SSSR count). The molecule has 106 valence electrons. The van der Waals surface area contributed by atoms with Gasteiger partial charge < -0.3 is 4.42 Å². The summed E-state index contributed by atoms with van der Waals surface area (Å²) >= 11 is 0. The second kappa shape index (κ2) is 5.44. The van der Waals surface area contributed by atoms with E-state index in [1.54, 1.807) is 19.3 Å². The first-order chi connectivity index (χ1) is 9.74. The van der Waals surface area contributed by atoms with Crippen molar-refractivity contribution in [3.05, 3.63) is 23.8 Å². The number of nitrogens with one attached hydrogen (secondary N) is 1. The number of anilines is 1. The molecule has 0 bridgehead atoms. The van der Waals surface area contributed by atoms with Gasteiger partial charge in [-0.15, -0.1) is 5.10 Å². The van der Waals surface area contributed by atoms with Gasteiger partial charge in [-0.25, -0.2) is 0 Å². The first-order valence-corrected chi connectivity index (χ1v) is 6.87. The maximum atomic E-state index is 12.0. The van der Waals surface area contributed by atoms with E-state index in [2.05, 4.69) is 20.6 Å². The number of hydrogen-bond acceptors (Lipinski definition) is 5. The Morgan fingerprint density at radius 3 is 2.85 bits per heavy atom. The maximum Gasteiger partial charge on any atom is 0.322 e. The van der Waals surface area contributed by atoms with Crippen LogP contribution in [0.3, 0.4) is 0 Å². The molecule has 0 aliphatic heterocycles. The Morgan fingerprint density at radius 1 is 1.35 bits per heavy atom. The van der Waals surface area contributed by atoms with E-state index >= 15 is 0 Å². The second-order valence-corrected chi connectivity index (χ2v) is 5.07. The minimum atomic E-state index is -0.302. The Labute approximate surface area is 116 Å². The molecular formula is C13H17N5O2. The van der Waals surface area contributed by atoms with Crippen LogP contribution in [0.25, 0.3) is 0 Å². The predicted octanol–water partition coefficient (Wildman–Crippen LogP) is 2.10. The van der Waals surface area contributed by atoms with Gasteiger partial charge in [-0.1, -0.05) is 24.4 Å². The third-order valence-electron chi connectivity index (χ3n) is 3.67. The number of hydrogen-bond donors (Lipinski definition) is 1. The van der Waals surface area contributed by atoms with Crippen LogP contribution in [0, 0.1) is 0 Å². The van der Waals surface area contributed by atoms with Gasteiger partial charge in [0.05, 0.1) is 0 Å². The highest BCUT2D eigenvalue weighted by Crippen LogP contribution is 2.32. The minimum Gasteiger partial charge on any atom is -0.408 e. The fourth-order valence-corrected chi connectivity index (χ4v) is 2.56. The number of aromatic nitrogens is 4. The number of carbonyl (C=O) groups is 1. The fourth-order valence-electron chi connectivity index (χ4n) is 2.56. The molecule has 1 fully saturated rings. The van der Waals surface area contributed by atoms with Crippen LogP contribution in [0.2, 0.25) is 0 Å². The second-order valence-electron chi connectivity index (χ2n) is 5.07. The standard InChI is InChI=1S/C13H17N5O2/c1-18-10(7-8-14-18)11(19)15-13-17-16-12(20-13)9-5-3-2-4-6-9/h7-9H,2-6H2,1H3,(H,15,17,19). The summed E-state index contributed by atoms with van der Waals surface area (Å²) in [5.41, 5.74) is 0.447. The Balaban J connectivity index is 1.68. The van der Waals surface area contributed by atoms with Gasteiger partial charge in [-0.2, -0.15) is 5.10 Å². The monoisotopic (exact) mass is 275 g/mol. The van der Waals surface area contributed by atoms with E-state index in [0.717, 1.165) is 12.8 Å². The molecule has 1 N–H and O–H groups in total. The Morgan fingerprint density at radius 2 is 2.15 bits per heavy atom. The summed E-state index contributed by atoms with van der Waals surface area (Å²) in [7, 11) is 1.70. The molecule has 1 aliphatic rings. The Bertz CT molecular complexity index is 597. The van der Waals surface area contributed by atoms with E-state index in [1.807, 2.05) is 0 Å². The molecule has 2 aromatic rings. The van der Waals surface area contributed by atoms with Gasteiger partial charge in [0.1, 0.15) is 5.69 Å². The Kier molecular flexibility index (Phi) is 3.49. The SMILES string of the molecule is Cn1nccc1C(=O)Nc1nnc(C2CCCCC2)o1. The van der Waals surface area contributed by atoms with Crippen molar-refractivity contribution in [1.29, 1.82) is 0 Å². The lowest BCUT2D eigenvalue weighted by Crippen LogP contribution is -2.16. The molecule has 2 aromatic heterocycles. The van der Waals surface area contributed by atoms with Crippen molar-refractivity contribution in [2.24, 2.45) is 7.05 Å². The van der Waals surface area contributed by atoms with Gasteiger partial charge in [-0.05, 0) is 18.9 Å². The number of carbonyl (C=O) groups excluding carboxylic acids is 1. The van der Waals surface area contributed by atoms with Crippen LogP contribution in [0.1, 0.15) is 54.4 Å². The maximum absolute atomic E-state index is 12.0. The highest BCUT2D eigenvalue weighted by molar-refractivity contribution is 6.01. The average Bonchev–Trinajstić information content (AvgIpc) is 3.09. The summed E-state index contributed by atoms with van der Waals surface area (Å²) < 4.78 is 7.04.